The molecule has 0 aromatic heterocycles. The second kappa shape index (κ2) is 3.20. The van der Waals surface area contributed by atoms with Crippen molar-refractivity contribution in [3.05, 3.63) is 0 Å². The highest BCUT2D eigenvalue weighted by Gasteiger charge is 2.35. The van der Waals surface area contributed by atoms with Crippen molar-refractivity contribution in [1.29, 1.82) is 0 Å². The van der Waals surface area contributed by atoms with Crippen molar-refractivity contribution in [2.45, 2.75) is 47.0 Å². The summed E-state index contributed by atoms with van der Waals surface area (Å²) in [4.78, 5) is 4.47. The molecule has 1 nitrogen and oxygen atoms in total. The van der Waals surface area contributed by atoms with Crippen LogP contribution in [0.5, 0.6) is 0 Å². The van der Waals surface area contributed by atoms with Gasteiger partial charge in [-0.05, 0) is 18.3 Å². The molecule has 12 heavy (non-hydrogen) atoms. The molecule has 70 valence electrons. The van der Waals surface area contributed by atoms with Gasteiger partial charge >= 0.3 is 0 Å². The first-order valence-corrected chi connectivity index (χ1v) is 4.97. The normalized spacial score (nSPS) is 31.7. The predicted molar refractivity (Wildman–Crippen MR) is 54.8 cm³/mol. The van der Waals surface area contributed by atoms with E-state index >= 15 is 0 Å². The van der Waals surface area contributed by atoms with Gasteiger partial charge in [-0.25, -0.2) is 0 Å². The summed E-state index contributed by atoms with van der Waals surface area (Å²) in [5.74, 6) is 0. The molecule has 0 amide bonds. The number of nitrogens with zero attached hydrogens (tertiary/aromatic N) is 1. The highest BCUT2D eigenvalue weighted by molar-refractivity contribution is 5.66. The Labute approximate surface area is 76.3 Å². The molecule has 1 rings (SSSR count). The van der Waals surface area contributed by atoms with Crippen molar-refractivity contribution in [3.8, 4) is 0 Å². The van der Waals surface area contributed by atoms with Crippen LogP contribution in [0.15, 0.2) is 4.99 Å². The predicted octanol–water partition coefficient (Wildman–Crippen LogP) is 3.29. The molecule has 0 N–H and O–H groups in total. The van der Waals surface area contributed by atoms with Crippen LogP contribution >= 0.6 is 0 Å². The summed E-state index contributed by atoms with van der Waals surface area (Å²) in [6.45, 7) is 10.3. The maximum Gasteiger partial charge on any atom is 0.0385 e. The van der Waals surface area contributed by atoms with Gasteiger partial charge in [-0.15, -0.1) is 0 Å². The summed E-state index contributed by atoms with van der Waals surface area (Å²) in [6.07, 6.45) is 6.08. The summed E-state index contributed by atoms with van der Waals surface area (Å²) in [5.41, 5.74) is 0.657. The van der Waals surface area contributed by atoms with Crippen LogP contribution < -0.4 is 0 Å². The minimum absolute atomic E-state index is 0.309. The third-order valence-electron chi connectivity index (χ3n) is 3.32. The van der Waals surface area contributed by atoms with Gasteiger partial charge in [0.05, 0.1) is 0 Å². The molecule has 0 saturated heterocycles. The summed E-state index contributed by atoms with van der Waals surface area (Å²) in [6, 6.07) is 0. The Kier molecular flexibility index (Phi) is 2.60. The molecule has 0 fully saturated rings. The van der Waals surface area contributed by atoms with E-state index in [1.165, 1.54) is 19.3 Å². The molecule has 1 unspecified atom stereocenters. The average Bonchev–Trinajstić information content (AvgIpc) is 2.12. The fourth-order valence-electron chi connectivity index (χ4n) is 1.59. The van der Waals surface area contributed by atoms with E-state index in [-0.39, 0.29) is 0 Å². The smallest absolute Gasteiger partial charge is 0.0385 e. The van der Waals surface area contributed by atoms with E-state index in [2.05, 4.69) is 38.9 Å². The Bertz CT molecular complexity index is 176. The average molecular weight is 167 g/mol. The Morgan fingerprint density at radius 1 is 1.25 bits per heavy atom. The van der Waals surface area contributed by atoms with Gasteiger partial charge in [-0.1, -0.05) is 34.1 Å². The van der Waals surface area contributed by atoms with Crippen molar-refractivity contribution in [3.63, 3.8) is 0 Å². The number of rotatable bonds is 0. The molecular weight excluding hydrogens is 146 g/mol. The lowest BCUT2D eigenvalue weighted by Crippen LogP contribution is -2.33. The number of hydrogen-bond donors (Lipinski definition) is 0. The highest BCUT2D eigenvalue weighted by Crippen LogP contribution is 2.41. The first-order chi connectivity index (χ1) is 5.46. The zero-order chi connectivity index (χ0) is 9.24. The third-order valence-corrected chi connectivity index (χ3v) is 3.32. The van der Waals surface area contributed by atoms with Gasteiger partial charge in [0.15, 0.2) is 0 Å². The Hall–Kier alpha value is -0.330. The van der Waals surface area contributed by atoms with Gasteiger partial charge in [0.2, 0.25) is 0 Å². The van der Waals surface area contributed by atoms with E-state index in [1.54, 1.807) is 0 Å². The van der Waals surface area contributed by atoms with Crippen molar-refractivity contribution < 1.29 is 0 Å². The van der Waals surface area contributed by atoms with E-state index in [0.29, 0.717) is 10.8 Å². The number of aliphatic imine (C=N–C) groups is 1. The molecule has 0 aliphatic carbocycles. The molecular formula is C11H21N. The Balaban J connectivity index is 2.80. The lowest BCUT2D eigenvalue weighted by atomic mass is 9.66. The lowest BCUT2D eigenvalue weighted by Gasteiger charge is -2.38. The van der Waals surface area contributed by atoms with Crippen molar-refractivity contribution >= 4 is 6.21 Å². The summed E-state index contributed by atoms with van der Waals surface area (Å²) < 4.78 is 0. The summed E-state index contributed by atoms with van der Waals surface area (Å²) >= 11 is 0. The van der Waals surface area contributed by atoms with Crippen LogP contribution in [0.4, 0.5) is 0 Å². The molecule has 1 atom stereocenters. The lowest BCUT2D eigenvalue weighted by molar-refractivity contribution is 0.183. The van der Waals surface area contributed by atoms with Crippen molar-refractivity contribution in [1.82, 2.24) is 0 Å². The molecule has 1 aliphatic rings. The molecule has 0 aromatic rings. The van der Waals surface area contributed by atoms with Gasteiger partial charge in [0.1, 0.15) is 0 Å². The fourth-order valence-corrected chi connectivity index (χ4v) is 1.59. The SMILES string of the molecule is CC(C)(C)C1(C)C=NCCCC1. The molecule has 0 radical (unpaired) electrons. The minimum Gasteiger partial charge on any atom is -0.297 e. The van der Waals surface area contributed by atoms with E-state index < -0.39 is 0 Å². The second-order valence-corrected chi connectivity index (χ2v) is 5.16. The maximum absolute atomic E-state index is 4.47. The van der Waals surface area contributed by atoms with Gasteiger partial charge in [-0.2, -0.15) is 0 Å². The molecule has 0 aromatic carbocycles. The fraction of sp³-hybridized carbons (Fsp3) is 0.909. The quantitative estimate of drug-likeness (QED) is 0.525. The van der Waals surface area contributed by atoms with Gasteiger partial charge in [-0.3, -0.25) is 4.99 Å². The highest BCUT2D eigenvalue weighted by atomic mass is 14.7. The minimum atomic E-state index is 0.309. The van der Waals surface area contributed by atoms with Crippen molar-refractivity contribution in [2.24, 2.45) is 15.8 Å². The van der Waals surface area contributed by atoms with Crippen LogP contribution in [0.3, 0.4) is 0 Å². The zero-order valence-electron chi connectivity index (χ0n) is 8.85. The van der Waals surface area contributed by atoms with E-state index in [1.807, 2.05) is 0 Å². The van der Waals surface area contributed by atoms with Crippen LogP contribution in [0, 0.1) is 10.8 Å². The molecule has 0 bridgehead atoms. The van der Waals surface area contributed by atoms with Crippen LogP contribution in [0.1, 0.15) is 47.0 Å². The topological polar surface area (TPSA) is 12.4 Å². The Morgan fingerprint density at radius 3 is 2.50 bits per heavy atom. The van der Waals surface area contributed by atoms with Gasteiger partial charge in [0.25, 0.3) is 0 Å². The van der Waals surface area contributed by atoms with E-state index in [9.17, 15) is 0 Å². The van der Waals surface area contributed by atoms with Crippen LogP contribution in [0.25, 0.3) is 0 Å². The first-order valence-electron chi connectivity index (χ1n) is 4.97. The summed E-state index contributed by atoms with van der Waals surface area (Å²) in [5, 5.41) is 0. The number of hydrogen-bond acceptors (Lipinski definition) is 1. The maximum atomic E-state index is 4.47. The summed E-state index contributed by atoms with van der Waals surface area (Å²) in [7, 11) is 0. The molecule has 1 heterocycles. The van der Waals surface area contributed by atoms with Crippen LogP contribution in [-0.2, 0) is 0 Å². The van der Waals surface area contributed by atoms with E-state index in [4.69, 9.17) is 0 Å². The monoisotopic (exact) mass is 167 g/mol. The first kappa shape index (κ1) is 9.76. The molecule has 0 saturated carbocycles. The largest absolute Gasteiger partial charge is 0.297 e. The molecule has 0 spiro atoms. The third kappa shape index (κ3) is 1.88. The standard InChI is InChI=1S/C11H21N/c1-10(2,3)11(4)7-5-6-8-12-9-11/h9H,5-8H2,1-4H3. The van der Waals surface area contributed by atoms with Crippen LogP contribution in [0.2, 0.25) is 0 Å². The molecule has 1 heteroatoms. The van der Waals surface area contributed by atoms with Crippen LogP contribution in [-0.4, -0.2) is 12.8 Å². The Morgan fingerprint density at radius 2 is 1.92 bits per heavy atom. The second-order valence-electron chi connectivity index (χ2n) is 5.16. The van der Waals surface area contributed by atoms with Gasteiger partial charge < -0.3 is 0 Å². The van der Waals surface area contributed by atoms with Gasteiger partial charge in [0, 0.05) is 18.2 Å². The van der Waals surface area contributed by atoms with E-state index in [0.717, 1.165) is 6.54 Å². The van der Waals surface area contributed by atoms with Crippen molar-refractivity contribution in [2.75, 3.05) is 6.54 Å². The molecule has 1 aliphatic heterocycles. The zero-order valence-corrected chi connectivity index (χ0v) is 8.85.